The number of nitrogens with zero attached hydrogens (tertiary/aromatic N) is 1. The Labute approximate surface area is 126 Å². The van der Waals surface area contributed by atoms with Crippen LogP contribution in [-0.4, -0.2) is 4.98 Å². The van der Waals surface area contributed by atoms with Crippen molar-refractivity contribution in [3.05, 3.63) is 54.2 Å². The van der Waals surface area contributed by atoms with Crippen LogP contribution < -0.4 is 0 Å². The number of hydrogen-bond acceptors (Lipinski definition) is 1. The second-order valence-electron chi connectivity index (χ2n) is 6.70. The predicted octanol–water partition coefficient (Wildman–Crippen LogP) is 5.61. The highest BCUT2D eigenvalue weighted by Gasteiger charge is 2.28. The Morgan fingerprint density at radius 1 is 0.905 bits per heavy atom. The van der Waals surface area contributed by atoms with Crippen molar-refractivity contribution in [3.63, 3.8) is 0 Å². The molecule has 0 bridgehead atoms. The zero-order chi connectivity index (χ0) is 14.3. The van der Waals surface area contributed by atoms with Crippen molar-refractivity contribution in [2.24, 2.45) is 0 Å². The van der Waals surface area contributed by atoms with E-state index in [1.807, 2.05) is 12.3 Å². The Hall–Kier alpha value is -1.89. The van der Waals surface area contributed by atoms with Gasteiger partial charge in [0.1, 0.15) is 0 Å². The minimum Gasteiger partial charge on any atom is -0.256 e. The Morgan fingerprint density at radius 3 is 2.57 bits per heavy atom. The molecule has 1 saturated carbocycles. The summed E-state index contributed by atoms with van der Waals surface area (Å²) in [5.74, 6) is 0. The summed E-state index contributed by atoms with van der Waals surface area (Å²) < 4.78 is 0. The number of rotatable bonds is 1. The van der Waals surface area contributed by atoms with Crippen LogP contribution in [0.25, 0.3) is 21.7 Å². The van der Waals surface area contributed by atoms with Crippen LogP contribution in [0.3, 0.4) is 0 Å². The fourth-order valence-electron chi connectivity index (χ4n) is 3.87. The average Bonchev–Trinajstić information content (AvgIpc) is 2.55. The molecule has 1 nitrogen and oxygen atoms in total. The number of aromatic nitrogens is 1. The van der Waals surface area contributed by atoms with Gasteiger partial charge < -0.3 is 0 Å². The minimum absolute atomic E-state index is 0.367. The zero-order valence-corrected chi connectivity index (χ0v) is 12.6. The molecule has 0 atom stereocenters. The normalized spacial score (nSPS) is 18.1. The van der Waals surface area contributed by atoms with Gasteiger partial charge in [0, 0.05) is 17.0 Å². The molecule has 3 aromatic rings. The topological polar surface area (TPSA) is 12.9 Å². The third-order valence-corrected chi connectivity index (χ3v) is 5.24. The fraction of sp³-hybridized carbons (Fsp3) is 0.350. The summed E-state index contributed by atoms with van der Waals surface area (Å²) >= 11 is 0. The maximum absolute atomic E-state index is 4.57. The van der Waals surface area contributed by atoms with Crippen molar-refractivity contribution in [1.29, 1.82) is 0 Å². The molecule has 2 aromatic carbocycles. The molecule has 1 heterocycles. The third-order valence-electron chi connectivity index (χ3n) is 5.24. The highest BCUT2D eigenvalue weighted by Crippen LogP contribution is 2.40. The number of benzene rings is 2. The van der Waals surface area contributed by atoms with E-state index < -0.39 is 0 Å². The van der Waals surface area contributed by atoms with Gasteiger partial charge in [-0.2, -0.15) is 0 Å². The van der Waals surface area contributed by atoms with E-state index in [-0.39, 0.29) is 0 Å². The van der Waals surface area contributed by atoms with Crippen molar-refractivity contribution >= 4 is 21.7 Å². The molecule has 4 rings (SSSR count). The summed E-state index contributed by atoms with van der Waals surface area (Å²) in [4.78, 5) is 4.57. The van der Waals surface area contributed by atoms with Crippen molar-refractivity contribution in [2.75, 3.05) is 0 Å². The second-order valence-corrected chi connectivity index (χ2v) is 6.70. The molecule has 0 saturated heterocycles. The van der Waals surface area contributed by atoms with Crippen LogP contribution in [0, 0.1) is 0 Å². The fourth-order valence-corrected chi connectivity index (χ4v) is 3.87. The molecule has 21 heavy (non-hydrogen) atoms. The minimum atomic E-state index is 0.367. The van der Waals surface area contributed by atoms with Crippen LogP contribution >= 0.6 is 0 Å². The molecule has 1 aliphatic rings. The van der Waals surface area contributed by atoms with Crippen LogP contribution in [0.2, 0.25) is 0 Å². The van der Waals surface area contributed by atoms with Crippen molar-refractivity contribution in [3.8, 4) is 0 Å². The molecular formula is C20H21N. The summed E-state index contributed by atoms with van der Waals surface area (Å²) in [5.41, 5.74) is 2.99. The molecule has 0 N–H and O–H groups in total. The molecule has 1 aliphatic carbocycles. The Morgan fingerprint density at radius 2 is 1.71 bits per heavy atom. The molecule has 0 radical (unpaired) electrons. The van der Waals surface area contributed by atoms with Gasteiger partial charge in [-0.25, -0.2) is 0 Å². The molecule has 0 amide bonds. The van der Waals surface area contributed by atoms with Gasteiger partial charge >= 0.3 is 0 Å². The SMILES string of the molecule is CC1(c2ccc3c(ccc4cccnc43)c2)CCCCC1. The summed E-state index contributed by atoms with van der Waals surface area (Å²) in [6, 6.07) is 15.6. The van der Waals surface area contributed by atoms with Crippen molar-refractivity contribution in [1.82, 2.24) is 4.98 Å². The van der Waals surface area contributed by atoms with Crippen LogP contribution in [0.5, 0.6) is 0 Å². The molecule has 1 heteroatoms. The Bertz CT molecular complexity index is 797. The van der Waals surface area contributed by atoms with E-state index >= 15 is 0 Å². The van der Waals surface area contributed by atoms with Crippen LogP contribution in [-0.2, 0) is 5.41 Å². The van der Waals surface area contributed by atoms with E-state index in [0.29, 0.717) is 5.41 Å². The standard InChI is InChI=1S/C20H21N/c1-20(11-3-2-4-12-20)17-9-10-18-16(14-17)8-7-15-6-5-13-21-19(15)18/h5-10,13-14H,2-4,11-12H2,1H3. The lowest BCUT2D eigenvalue weighted by atomic mass is 9.71. The highest BCUT2D eigenvalue weighted by atomic mass is 14.6. The molecular weight excluding hydrogens is 254 g/mol. The first kappa shape index (κ1) is 12.8. The van der Waals surface area contributed by atoms with Crippen molar-refractivity contribution in [2.45, 2.75) is 44.4 Å². The maximum Gasteiger partial charge on any atom is 0.0780 e. The van der Waals surface area contributed by atoms with E-state index in [9.17, 15) is 0 Å². The predicted molar refractivity (Wildman–Crippen MR) is 89.7 cm³/mol. The largest absolute Gasteiger partial charge is 0.256 e. The molecule has 0 spiro atoms. The van der Waals surface area contributed by atoms with Crippen LogP contribution in [0.4, 0.5) is 0 Å². The van der Waals surface area contributed by atoms with Gasteiger partial charge in [-0.15, -0.1) is 0 Å². The van der Waals surface area contributed by atoms with Gasteiger partial charge in [-0.05, 0) is 35.3 Å². The van der Waals surface area contributed by atoms with E-state index in [0.717, 1.165) is 5.52 Å². The molecule has 106 valence electrons. The highest BCUT2D eigenvalue weighted by molar-refractivity contribution is 6.05. The monoisotopic (exact) mass is 275 g/mol. The van der Waals surface area contributed by atoms with E-state index in [4.69, 9.17) is 0 Å². The van der Waals surface area contributed by atoms with Crippen molar-refractivity contribution < 1.29 is 0 Å². The van der Waals surface area contributed by atoms with Crippen LogP contribution in [0.15, 0.2) is 48.7 Å². The number of fused-ring (bicyclic) bond motifs is 3. The molecule has 0 aliphatic heterocycles. The first-order chi connectivity index (χ1) is 10.3. The second kappa shape index (κ2) is 4.84. The molecule has 0 unspecified atom stereocenters. The first-order valence-electron chi connectivity index (χ1n) is 8.04. The Kier molecular flexibility index (Phi) is 2.95. The lowest BCUT2D eigenvalue weighted by molar-refractivity contribution is 0.320. The summed E-state index contributed by atoms with van der Waals surface area (Å²) in [7, 11) is 0. The van der Waals surface area contributed by atoms with E-state index in [1.165, 1.54) is 53.8 Å². The van der Waals surface area contributed by atoms with Gasteiger partial charge in [0.15, 0.2) is 0 Å². The number of hydrogen-bond donors (Lipinski definition) is 0. The zero-order valence-electron chi connectivity index (χ0n) is 12.6. The molecule has 1 aromatic heterocycles. The van der Waals surface area contributed by atoms with E-state index in [2.05, 4.69) is 48.3 Å². The van der Waals surface area contributed by atoms with E-state index in [1.54, 1.807) is 0 Å². The third kappa shape index (κ3) is 2.12. The maximum atomic E-state index is 4.57. The first-order valence-corrected chi connectivity index (χ1v) is 8.04. The lowest BCUT2D eigenvalue weighted by Gasteiger charge is -2.34. The lowest BCUT2D eigenvalue weighted by Crippen LogP contribution is -2.24. The van der Waals surface area contributed by atoms with Gasteiger partial charge in [-0.1, -0.05) is 62.6 Å². The Balaban J connectivity index is 1.89. The van der Waals surface area contributed by atoms with Gasteiger partial charge in [0.25, 0.3) is 0 Å². The van der Waals surface area contributed by atoms with Gasteiger partial charge in [0.2, 0.25) is 0 Å². The quantitative estimate of drug-likeness (QED) is 0.526. The van der Waals surface area contributed by atoms with Gasteiger partial charge in [0.05, 0.1) is 5.52 Å². The smallest absolute Gasteiger partial charge is 0.0780 e. The van der Waals surface area contributed by atoms with Crippen LogP contribution in [0.1, 0.15) is 44.6 Å². The summed E-state index contributed by atoms with van der Waals surface area (Å²) in [6.45, 7) is 2.44. The summed E-state index contributed by atoms with van der Waals surface area (Å²) in [6.07, 6.45) is 8.67. The average molecular weight is 275 g/mol. The molecule has 1 fully saturated rings. The summed E-state index contributed by atoms with van der Waals surface area (Å²) in [5, 5.41) is 3.82. The number of pyridine rings is 1. The van der Waals surface area contributed by atoms with Gasteiger partial charge in [-0.3, -0.25) is 4.98 Å².